The Morgan fingerprint density at radius 2 is 1.69 bits per heavy atom. The van der Waals surface area contributed by atoms with Gasteiger partial charge in [0.25, 0.3) is 5.91 Å². The van der Waals surface area contributed by atoms with Gasteiger partial charge in [-0.05, 0) is 63.4 Å². The molecule has 1 saturated carbocycles. The highest BCUT2D eigenvalue weighted by molar-refractivity contribution is 6.04. The normalized spacial score (nSPS) is 18.3. The van der Waals surface area contributed by atoms with Gasteiger partial charge in [0.15, 0.2) is 0 Å². The highest BCUT2D eigenvalue weighted by Gasteiger charge is 2.26. The number of rotatable bonds is 6. The Bertz CT molecular complexity index is 928. The van der Waals surface area contributed by atoms with Gasteiger partial charge in [0.05, 0.1) is 11.3 Å². The van der Waals surface area contributed by atoms with Crippen molar-refractivity contribution >= 4 is 17.5 Å². The van der Waals surface area contributed by atoms with Crippen LogP contribution in [-0.4, -0.2) is 35.8 Å². The molecule has 0 radical (unpaired) electrons. The molecule has 0 bridgehead atoms. The molecule has 5 heteroatoms. The molecule has 2 aliphatic rings. The van der Waals surface area contributed by atoms with Crippen LogP contribution in [0.1, 0.15) is 66.4 Å². The summed E-state index contributed by atoms with van der Waals surface area (Å²) < 4.78 is 0. The number of amides is 2. The third kappa shape index (κ3) is 5.98. The average Bonchev–Trinajstić information content (AvgIpc) is 2.80. The molecule has 0 unspecified atom stereocenters. The zero-order chi connectivity index (χ0) is 22.3. The first kappa shape index (κ1) is 22.5. The second-order valence-electron chi connectivity index (χ2n) is 9.38. The molecule has 5 nitrogen and oxygen atoms in total. The van der Waals surface area contributed by atoms with Gasteiger partial charge in [0.2, 0.25) is 5.91 Å². The molecule has 2 aromatic carbocycles. The highest BCUT2D eigenvalue weighted by atomic mass is 16.2. The van der Waals surface area contributed by atoms with Gasteiger partial charge in [-0.3, -0.25) is 14.5 Å². The van der Waals surface area contributed by atoms with Crippen molar-refractivity contribution < 1.29 is 9.59 Å². The van der Waals surface area contributed by atoms with Gasteiger partial charge in [0, 0.05) is 18.5 Å². The molecule has 1 aliphatic heterocycles. The second-order valence-corrected chi connectivity index (χ2v) is 9.38. The molecule has 2 amide bonds. The maximum absolute atomic E-state index is 13.0. The van der Waals surface area contributed by atoms with E-state index in [1.165, 1.54) is 30.4 Å². The van der Waals surface area contributed by atoms with Crippen molar-refractivity contribution in [2.45, 2.75) is 64.5 Å². The molecular weight excluding hydrogens is 398 g/mol. The van der Waals surface area contributed by atoms with Gasteiger partial charge in [-0.2, -0.15) is 0 Å². The summed E-state index contributed by atoms with van der Waals surface area (Å²) in [7, 11) is 0. The Kier molecular flexibility index (Phi) is 7.59. The van der Waals surface area contributed by atoms with E-state index in [4.69, 9.17) is 0 Å². The van der Waals surface area contributed by atoms with Gasteiger partial charge in [-0.15, -0.1) is 0 Å². The minimum Gasteiger partial charge on any atom is -0.349 e. The summed E-state index contributed by atoms with van der Waals surface area (Å²) in [6.07, 6.45) is 7.37. The van der Waals surface area contributed by atoms with Crippen molar-refractivity contribution in [1.82, 2.24) is 10.2 Å². The minimum absolute atomic E-state index is 0.0155. The van der Waals surface area contributed by atoms with E-state index < -0.39 is 0 Å². The van der Waals surface area contributed by atoms with E-state index in [9.17, 15) is 9.59 Å². The second kappa shape index (κ2) is 10.8. The number of benzene rings is 2. The number of para-hydroxylation sites is 1. The summed E-state index contributed by atoms with van der Waals surface area (Å²) in [5.41, 5.74) is 3.78. The van der Waals surface area contributed by atoms with Crippen LogP contribution >= 0.6 is 0 Å². The largest absolute Gasteiger partial charge is 0.349 e. The van der Waals surface area contributed by atoms with Crippen LogP contribution in [0.2, 0.25) is 0 Å². The van der Waals surface area contributed by atoms with E-state index in [1.807, 2.05) is 18.2 Å². The zero-order valence-electron chi connectivity index (χ0n) is 19.1. The lowest BCUT2D eigenvalue weighted by molar-refractivity contribution is -0.121. The molecule has 2 N–H and O–H groups in total. The predicted octanol–water partition coefficient (Wildman–Crippen LogP) is 4.91. The lowest BCUT2D eigenvalue weighted by Gasteiger charge is -2.31. The van der Waals surface area contributed by atoms with E-state index in [0.717, 1.165) is 45.3 Å². The van der Waals surface area contributed by atoms with Gasteiger partial charge >= 0.3 is 0 Å². The molecule has 1 saturated heterocycles. The number of carbonyl (C=O) groups excluding carboxylic acids is 2. The summed E-state index contributed by atoms with van der Waals surface area (Å²) in [5, 5.41) is 6.22. The molecular formula is C27H35N3O2. The van der Waals surface area contributed by atoms with E-state index >= 15 is 0 Å². The summed E-state index contributed by atoms with van der Waals surface area (Å²) >= 11 is 0. The van der Waals surface area contributed by atoms with Crippen LogP contribution in [0.3, 0.4) is 0 Å². The van der Waals surface area contributed by atoms with Gasteiger partial charge in [-0.1, -0.05) is 61.2 Å². The van der Waals surface area contributed by atoms with E-state index in [1.54, 1.807) is 6.07 Å². The quantitative estimate of drug-likeness (QED) is 0.681. The van der Waals surface area contributed by atoms with Crippen LogP contribution in [0, 0.1) is 12.8 Å². The molecule has 4 rings (SSSR count). The van der Waals surface area contributed by atoms with Crippen LogP contribution in [0.25, 0.3) is 0 Å². The number of hydrogen-bond donors (Lipinski definition) is 2. The van der Waals surface area contributed by atoms with Crippen molar-refractivity contribution in [3.63, 3.8) is 0 Å². The first-order valence-corrected chi connectivity index (χ1v) is 12.1. The fraction of sp³-hybridized carbons (Fsp3) is 0.481. The Hall–Kier alpha value is -2.66. The Balaban J connectivity index is 1.31. The number of likely N-dealkylation sites (tertiary alicyclic amines) is 1. The average molecular weight is 434 g/mol. The topological polar surface area (TPSA) is 61.4 Å². The molecule has 32 heavy (non-hydrogen) atoms. The maximum Gasteiger partial charge on any atom is 0.253 e. The van der Waals surface area contributed by atoms with E-state index in [0.29, 0.717) is 11.3 Å². The summed E-state index contributed by atoms with van der Waals surface area (Å²) in [5.74, 6) is -0.0721. The van der Waals surface area contributed by atoms with Crippen molar-refractivity contribution in [2.75, 3.05) is 18.4 Å². The standard InChI is InChI=1S/C27H35N3O2/c1-20-8-7-9-21(18-20)19-30-16-14-22(15-17-30)26(31)29-25-13-6-5-12-24(25)27(32)28-23-10-3-2-4-11-23/h5-9,12-13,18,22-23H,2-4,10-11,14-17,19H2,1H3,(H,28,32)(H,29,31). The number of hydrogen-bond acceptors (Lipinski definition) is 3. The first-order chi connectivity index (χ1) is 15.6. The molecule has 1 heterocycles. The summed E-state index contributed by atoms with van der Waals surface area (Å²) in [6, 6.07) is 16.2. The Morgan fingerprint density at radius 3 is 2.44 bits per heavy atom. The van der Waals surface area contributed by atoms with Gasteiger partial charge in [-0.25, -0.2) is 0 Å². The number of nitrogens with zero attached hydrogens (tertiary/aromatic N) is 1. The zero-order valence-corrected chi connectivity index (χ0v) is 19.1. The number of nitrogens with one attached hydrogen (secondary N) is 2. The van der Waals surface area contributed by atoms with Crippen molar-refractivity contribution in [1.29, 1.82) is 0 Å². The predicted molar refractivity (Wildman–Crippen MR) is 129 cm³/mol. The van der Waals surface area contributed by atoms with Gasteiger partial charge < -0.3 is 10.6 Å². The van der Waals surface area contributed by atoms with Gasteiger partial charge in [0.1, 0.15) is 0 Å². The van der Waals surface area contributed by atoms with Crippen LogP contribution in [0.4, 0.5) is 5.69 Å². The third-order valence-corrected chi connectivity index (χ3v) is 6.82. The van der Waals surface area contributed by atoms with E-state index in [2.05, 4.69) is 46.7 Å². The van der Waals surface area contributed by atoms with Crippen molar-refractivity contribution in [2.24, 2.45) is 5.92 Å². The summed E-state index contributed by atoms with van der Waals surface area (Å²) in [4.78, 5) is 28.3. The molecule has 170 valence electrons. The SMILES string of the molecule is Cc1cccc(CN2CCC(C(=O)Nc3ccccc3C(=O)NC3CCCCC3)CC2)c1. The smallest absolute Gasteiger partial charge is 0.253 e. The molecule has 0 spiro atoms. The van der Waals surface area contributed by atoms with Crippen LogP contribution in [-0.2, 0) is 11.3 Å². The fourth-order valence-corrected chi connectivity index (χ4v) is 4.96. The number of carbonyl (C=O) groups is 2. The molecule has 1 aliphatic carbocycles. The number of aryl methyl sites for hydroxylation is 1. The molecule has 2 aromatic rings. The van der Waals surface area contributed by atoms with Crippen molar-refractivity contribution in [3.05, 3.63) is 65.2 Å². The minimum atomic E-state index is -0.0826. The third-order valence-electron chi connectivity index (χ3n) is 6.82. The number of anilines is 1. The number of piperidine rings is 1. The molecule has 2 fully saturated rings. The first-order valence-electron chi connectivity index (χ1n) is 12.1. The lowest BCUT2D eigenvalue weighted by Crippen LogP contribution is -2.38. The highest BCUT2D eigenvalue weighted by Crippen LogP contribution is 2.24. The molecule has 0 atom stereocenters. The monoisotopic (exact) mass is 433 g/mol. The van der Waals surface area contributed by atoms with E-state index in [-0.39, 0.29) is 23.8 Å². The van der Waals surface area contributed by atoms with Crippen LogP contribution in [0.5, 0.6) is 0 Å². The Morgan fingerprint density at radius 1 is 0.938 bits per heavy atom. The molecule has 0 aromatic heterocycles. The summed E-state index contributed by atoms with van der Waals surface area (Å²) in [6.45, 7) is 4.87. The Labute approximate surface area is 191 Å². The lowest BCUT2D eigenvalue weighted by atomic mass is 9.94. The van der Waals surface area contributed by atoms with Crippen LogP contribution < -0.4 is 10.6 Å². The maximum atomic E-state index is 13.0. The fourth-order valence-electron chi connectivity index (χ4n) is 4.96. The van der Waals surface area contributed by atoms with Crippen LogP contribution in [0.15, 0.2) is 48.5 Å². The van der Waals surface area contributed by atoms with Crippen molar-refractivity contribution in [3.8, 4) is 0 Å².